The SMILES string of the molecule is CC(OC(=O)Cc1cccc2ccccc12)C(=O)N(C)C1CCS(=O)(=O)C1. The van der Waals surface area contributed by atoms with Crippen molar-refractivity contribution in [3.05, 3.63) is 48.0 Å². The molecule has 1 amide bonds. The molecule has 6 nitrogen and oxygen atoms in total. The minimum atomic E-state index is -3.09. The van der Waals surface area contributed by atoms with E-state index < -0.39 is 21.9 Å². The van der Waals surface area contributed by atoms with Gasteiger partial charge in [-0.1, -0.05) is 42.5 Å². The van der Waals surface area contributed by atoms with Crippen molar-refractivity contribution in [3.8, 4) is 0 Å². The van der Waals surface area contributed by atoms with E-state index in [2.05, 4.69) is 0 Å². The van der Waals surface area contributed by atoms with Crippen molar-refractivity contribution in [1.82, 2.24) is 4.90 Å². The van der Waals surface area contributed by atoms with Crippen LogP contribution in [0.5, 0.6) is 0 Å². The third-order valence-corrected chi connectivity index (χ3v) is 6.72. The average molecular weight is 389 g/mol. The summed E-state index contributed by atoms with van der Waals surface area (Å²) in [6.45, 7) is 1.52. The van der Waals surface area contributed by atoms with Gasteiger partial charge in [-0.15, -0.1) is 0 Å². The average Bonchev–Trinajstić information content (AvgIpc) is 3.00. The van der Waals surface area contributed by atoms with Crippen LogP contribution in [0.3, 0.4) is 0 Å². The predicted octanol–water partition coefficient (Wildman–Crippen LogP) is 1.96. The van der Waals surface area contributed by atoms with E-state index in [-0.39, 0.29) is 29.9 Å². The molecule has 144 valence electrons. The van der Waals surface area contributed by atoms with Gasteiger partial charge in [-0.05, 0) is 29.7 Å². The van der Waals surface area contributed by atoms with Crippen LogP contribution in [0.15, 0.2) is 42.5 Å². The molecule has 2 aromatic rings. The molecule has 0 saturated carbocycles. The summed E-state index contributed by atoms with van der Waals surface area (Å²) >= 11 is 0. The summed E-state index contributed by atoms with van der Waals surface area (Å²) < 4.78 is 28.5. The molecule has 2 atom stereocenters. The number of benzene rings is 2. The van der Waals surface area contributed by atoms with Gasteiger partial charge in [0.05, 0.1) is 17.9 Å². The van der Waals surface area contributed by atoms with Crippen LogP contribution in [-0.4, -0.2) is 55.9 Å². The Hall–Kier alpha value is -2.41. The van der Waals surface area contributed by atoms with E-state index in [0.29, 0.717) is 6.42 Å². The van der Waals surface area contributed by atoms with Gasteiger partial charge >= 0.3 is 5.97 Å². The number of carbonyl (C=O) groups excluding carboxylic acids is 2. The Kier molecular flexibility index (Phi) is 5.51. The molecule has 2 unspecified atom stereocenters. The predicted molar refractivity (Wildman–Crippen MR) is 103 cm³/mol. The first-order chi connectivity index (χ1) is 12.8. The number of sulfone groups is 1. The minimum absolute atomic E-state index is 0.0358. The second-order valence-electron chi connectivity index (χ2n) is 6.95. The lowest BCUT2D eigenvalue weighted by atomic mass is 10.0. The van der Waals surface area contributed by atoms with Gasteiger partial charge in [-0.25, -0.2) is 8.42 Å². The van der Waals surface area contributed by atoms with Crippen molar-refractivity contribution in [2.75, 3.05) is 18.6 Å². The summed E-state index contributed by atoms with van der Waals surface area (Å²) in [6.07, 6.45) is -0.470. The Bertz CT molecular complexity index is 964. The number of nitrogens with zero attached hydrogens (tertiary/aromatic N) is 1. The summed E-state index contributed by atoms with van der Waals surface area (Å²) in [4.78, 5) is 26.2. The fourth-order valence-electron chi connectivity index (χ4n) is 3.44. The molecule has 0 bridgehead atoms. The first-order valence-corrected chi connectivity index (χ1v) is 10.7. The molecule has 27 heavy (non-hydrogen) atoms. The lowest BCUT2D eigenvalue weighted by molar-refractivity contribution is -0.158. The maximum absolute atomic E-state index is 12.5. The van der Waals surface area contributed by atoms with Crippen LogP contribution in [0.4, 0.5) is 0 Å². The quantitative estimate of drug-likeness (QED) is 0.731. The monoisotopic (exact) mass is 389 g/mol. The Balaban J connectivity index is 1.62. The van der Waals surface area contributed by atoms with E-state index in [4.69, 9.17) is 4.74 Å². The molecule has 1 fully saturated rings. The van der Waals surface area contributed by atoms with Gasteiger partial charge in [-0.2, -0.15) is 0 Å². The van der Waals surface area contributed by atoms with Crippen LogP contribution < -0.4 is 0 Å². The van der Waals surface area contributed by atoms with E-state index in [9.17, 15) is 18.0 Å². The van der Waals surface area contributed by atoms with Crippen LogP contribution in [0.2, 0.25) is 0 Å². The van der Waals surface area contributed by atoms with Gasteiger partial charge in [0, 0.05) is 13.1 Å². The molecule has 7 heteroatoms. The maximum atomic E-state index is 12.5. The first-order valence-electron chi connectivity index (χ1n) is 8.90. The zero-order chi connectivity index (χ0) is 19.6. The maximum Gasteiger partial charge on any atom is 0.311 e. The van der Waals surface area contributed by atoms with Crippen molar-refractivity contribution < 1.29 is 22.7 Å². The molecule has 0 N–H and O–H groups in total. The highest BCUT2D eigenvalue weighted by atomic mass is 32.2. The van der Waals surface area contributed by atoms with E-state index in [1.165, 1.54) is 11.8 Å². The summed E-state index contributed by atoms with van der Waals surface area (Å²) in [5.41, 5.74) is 0.841. The Morgan fingerprint density at radius 3 is 2.59 bits per heavy atom. The van der Waals surface area contributed by atoms with Crippen molar-refractivity contribution in [3.63, 3.8) is 0 Å². The molecule has 1 heterocycles. The molecule has 0 aromatic heterocycles. The summed E-state index contributed by atoms with van der Waals surface area (Å²) in [5, 5.41) is 2.01. The zero-order valence-electron chi connectivity index (χ0n) is 15.4. The highest BCUT2D eigenvalue weighted by molar-refractivity contribution is 7.91. The summed E-state index contributed by atoms with van der Waals surface area (Å²) in [7, 11) is -1.53. The first kappa shape index (κ1) is 19.4. The molecule has 1 saturated heterocycles. The summed E-state index contributed by atoms with van der Waals surface area (Å²) in [6, 6.07) is 13.1. The van der Waals surface area contributed by atoms with Gasteiger partial charge in [-0.3, -0.25) is 9.59 Å². The topological polar surface area (TPSA) is 80.8 Å². The fourth-order valence-corrected chi connectivity index (χ4v) is 5.21. The standard InChI is InChI=1S/C20H23NO5S/c1-14(20(23)21(2)17-10-11-27(24,25)13-17)26-19(22)12-16-8-5-7-15-6-3-4-9-18(15)16/h3-9,14,17H,10-13H2,1-2H3. The van der Waals surface area contributed by atoms with Gasteiger partial charge < -0.3 is 9.64 Å². The molecule has 0 aliphatic carbocycles. The molecule has 1 aliphatic rings. The van der Waals surface area contributed by atoms with Crippen molar-refractivity contribution in [2.45, 2.75) is 31.9 Å². The molecular formula is C20H23NO5S. The van der Waals surface area contributed by atoms with Gasteiger partial charge in [0.2, 0.25) is 0 Å². The number of fused-ring (bicyclic) bond motifs is 1. The van der Waals surface area contributed by atoms with Crippen LogP contribution >= 0.6 is 0 Å². The highest BCUT2D eigenvalue weighted by Crippen LogP contribution is 2.20. The van der Waals surface area contributed by atoms with E-state index in [1.54, 1.807) is 7.05 Å². The number of esters is 1. The second kappa shape index (κ2) is 7.68. The van der Waals surface area contributed by atoms with Gasteiger partial charge in [0.1, 0.15) is 0 Å². The zero-order valence-corrected chi connectivity index (χ0v) is 16.2. The lowest BCUT2D eigenvalue weighted by Crippen LogP contribution is -2.44. The Labute approximate surface area is 159 Å². The molecular weight excluding hydrogens is 366 g/mol. The van der Waals surface area contributed by atoms with Crippen LogP contribution in [0.1, 0.15) is 18.9 Å². The molecule has 0 radical (unpaired) electrons. The van der Waals surface area contributed by atoms with Crippen LogP contribution in [0.25, 0.3) is 10.8 Å². The Morgan fingerprint density at radius 1 is 1.19 bits per heavy atom. The van der Waals surface area contributed by atoms with E-state index >= 15 is 0 Å². The number of ether oxygens (including phenoxy) is 1. The summed E-state index contributed by atoms with van der Waals surface area (Å²) in [5.74, 6) is -0.820. The Morgan fingerprint density at radius 2 is 1.89 bits per heavy atom. The number of carbonyl (C=O) groups is 2. The molecule has 2 aromatic carbocycles. The lowest BCUT2D eigenvalue weighted by Gasteiger charge is -2.26. The smallest absolute Gasteiger partial charge is 0.311 e. The fraction of sp³-hybridized carbons (Fsp3) is 0.400. The third kappa shape index (κ3) is 4.47. The molecule has 3 rings (SSSR count). The number of likely N-dealkylation sites (N-methyl/N-ethyl adjacent to an activating group) is 1. The van der Waals surface area contributed by atoms with Crippen LogP contribution in [0, 0.1) is 0 Å². The highest BCUT2D eigenvalue weighted by Gasteiger charge is 2.34. The number of hydrogen-bond donors (Lipinski definition) is 0. The van der Waals surface area contributed by atoms with Crippen molar-refractivity contribution in [1.29, 1.82) is 0 Å². The molecule has 1 aliphatic heterocycles. The second-order valence-corrected chi connectivity index (χ2v) is 9.18. The van der Waals surface area contributed by atoms with Crippen LogP contribution in [-0.2, 0) is 30.6 Å². The van der Waals surface area contributed by atoms with Crippen molar-refractivity contribution >= 4 is 32.5 Å². The number of hydrogen-bond acceptors (Lipinski definition) is 5. The van der Waals surface area contributed by atoms with E-state index in [0.717, 1.165) is 16.3 Å². The van der Waals surface area contributed by atoms with Crippen molar-refractivity contribution in [2.24, 2.45) is 0 Å². The third-order valence-electron chi connectivity index (χ3n) is 4.97. The largest absolute Gasteiger partial charge is 0.452 e. The normalized spacial score (nSPS) is 19.6. The van der Waals surface area contributed by atoms with Gasteiger partial charge in [0.15, 0.2) is 15.9 Å². The minimum Gasteiger partial charge on any atom is -0.452 e. The molecule has 0 spiro atoms. The number of amides is 1. The van der Waals surface area contributed by atoms with E-state index in [1.807, 2.05) is 42.5 Å². The number of rotatable bonds is 5. The van der Waals surface area contributed by atoms with Gasteiger partial charge in [0.25, 0.3) is 5.91 Å².